The van der Waals surface area contributed by atoms with Crippen LogP contribution in [0.3, 0.4) is 0 Å². The lowest BCUT2D eigenvalue weighted by molar-refractivity contribution is -0.119. The molecule has 0 aliphatic carbocycles. The average molecular weight is 366 g/mol. The number of benzene rings is 1. The van der Waals surface area contributed by atoms with E-state index in [0.717, 1.165) is 31.2 Å². The van der Waals surface area contributed by atoms with E-state index in [0.29, 0.717) is 31.8 Å². The lowest BCUT2D eigenvalue weighted by Crippen LogP contribution is -2.19. The highest BCUT2D eigenvalue weighted by Crippen LogP contribution is 2.12. The first kappa shape index (κ1) is 21.7. The second kappa shape index (κ2) is 12.1. The monoisotopic (exact) mass is 365 g/mol. The second-order valence-electron chi connectivity index (χ2n) is 7.08. The van der Waals surface area contributed by atoms with Crippen molar-refractivity contribution in [2.45, 2.75) is 70.7 Å². The molecule has 0 bridgehead atoms. The third kappa shape index (κ3) is 11.0. The molecule has 0 radical (unpaired) electrons. The Balaban J connectivity index is 1.98. The summed E-state index contributed by atoms with van der Waals surface area (Å²) in [5.74, 6) is 0.290. The number of ketones is 1. The van der Waals surface area contributed by atoms with Crippen molar-refractivity contribution in [1.29, 1.82) is 0 Å². The van der Waals surface area contributed by atoms with Gasteiger partial charge < -0.3 is 4.74 Å². The predicted octanol–water partition coefficient (Wildman–Crippen LogP) is 4.65. The molecule has 0 unspecified atom stereocenters. The molecule has 4 nitrogen and oxygen atoms in total. The lowest BCUT2D eigenvalue weighted by atomic mass is 10.1. The second-order valence-corrected chi connectivity index (χ2v) is 9.01. The first-order valence-corrected chi connectivity index (χ1v) is 10.1. The highest BCUT2D eigenvalue weighted by Gasteiger charge is 2.17. The van der Waals surface area contributed by atoms with Crippen molar-refractivity contribution in [2.24, 2.45) is 4.40 Å². The molecule has 0 N–H and O–H groups in total. The Hall–Kier alpha value is -1.33. The van der Waals surface area contributed by atoms with Gasteiger partial charge in [0.1, 0.15) is 16.8 Å². The number of ether oxygens (including phenoxy) is 1. The van der Waals surface area contributed by atoms with E-state index < -0.39 is 11.0 Å². The minimum absolute atomic E-state index is 0.290. The zero-order valence-corrected chi connectivity index (χ0v) is 16.5. The molecular formula is C20H31NO3S. The largest absolute Gasteiger partial charge is 0.377 e. The summed E-state index contributed by atoms with van der Waals surface area (Å²) in [5.41, 5.74) is 1.16. The summed E-state index contributed by atoms with van der Waals surface area (Å²) in [6.07, 6.45) is 6.22. The van der Waals surface area contributed by atoms with Gasteiger partial charge >= 0.3 is 0 Å². The molecule has 0 aliphatic heterocycles. The molecule has 25 heavy (non-hydrogen) atoms. The van der Waals surface area contributed by atoms with E-state index in [2.05, 4.69) is 4.40 Å². The van der Waals surface area contributed by atoms with Crippen LogP contribution in [0.5, 0.6) is 0 Å². The fourth-order valence-electron chi connectivity index (χ4n) is 2.10. The van der Waals surface area contributed by atoms with E-state index in [9.17, 15) is 9.00 Å². The van der Waals surface area contributed by atoms with Crippen LogP contribution in [0.4, 0.5) is 0 Å². The number of hydrogen-bond donors (Lipinski definition) is 0. The van der Waals surface area contributed by atoms with Crippen LogP contribution in [0.25, 0.3) is 0 Å². The summed E-state index contributed by atoms with van der Waals surface area (Å²) in [5, 5.41) is 0. The van der Waals surface area contributed by atoms with Crippen LogP contribution < -0.4 is 0 Å². The van der Waals surface area contributed by atoms with E-state index in [4.69, 9.17) is 4.74 Å². The number of carbonyl (C=O) groups is 1. The van der Waals surface area contributed by atoms with Crippen LogP contribution in [0.1, 0.15) is 64.9 Å². The fraction of sp³-hybridized carbons (Fsp3) is 0.600. The first-order valence-electron chi connectivity index (χ1n) is 8.97. The topological polar surface area (TPSA) is 55.7 Å². The standard InChI is InChI=1S/C20H31NO3S/c1-20(2,3)25(23)21-15-9-5-8-13-19(22)14-10-16-24-17-18-11-6-4-7-12-18/h4,6-7,11-12,15H,5,8-10,13-14,16-17H2,1-3H3/b21-15+/t25-/m1/s1. The SMILES string of the molecule is CC(C)(C)[S@@](=O)/N=C/CCCCC(=O)CCCOCc1ccccc1. The molecule has 1 aromatic rings. The molecule has 0 fully saturated rings. The van der Waals surface area contributed by atoms with Gasteiger partial charge in [-0.1, -0.05) is 30.3 Å². The van der Waals surface area contributed by atoms with Crippen LogP contribution in [0.2, 0.25) is 0 Å². The van der Waals surface area contributed by atoms with Crippen molar-refractivity contribution in [1.82, 2.24) is 0 Å². The number of Topliss-reactive ketones (excluding diaryl/α,β-unsaturated/α-hetero) is 1. The van der Waals surface area contributed by atoms with Gasteiger partial charge in [-0.2, -0.15) is 4.40 Å². The van der Waals surface area contributed by atoms with Gasteiger partial charge in [0.15, 0.2) is 0 Å². The van der Waals surface area contributed by atoms with Crippen LogP contribution >= 0.6 is 0 Å². The summed E-state index contributed by atoms with van der Waals surface area (Å²) < 4.78 is 21.0. The van der Waals surface area contributed by atoms with E-state index in [1.165, 1.54) is 0 Å². The summed E-state index contributed by atoms with van der Waals surface area (Å²) >= 11 is 0. The Morgan fingerprint density at radius 3 is 2.48 bits per heavy atom. The average Bonchev–Trinajstić information content (AvgIpc) is 2.57. The molecular weight excluding hydrogens is 334 g/mol. The third-order valence-electron chi connectivity index (χ3n) is 3.59. The quantitative estimate of drug-likeness (QED) is 0.400. The summed E-state index contributed by atoms with van der Waals surface area (Å²) in [7, 11) is -1.18. The summed E-state index contributed by atoms with van der Waals surface area (Å²) in [4.78, 5) is 11.8. The van der Waals surface area contributed by atoms with Crippen molar-refractivity contribution < 1.29 is 13.7 Å². The molecule has 0 aliphatic rings. The fourth-order valence-corrected chi connectivity index (χ4v) is 2.65. The van der Waals surface area contributed by atoms with Gasteiger partial charge in [-0.25, -0.2) is 4.21 Å². The van der Waals surface area contributed by atoms with E-state index in [-0.39, 0.29) is 4.75 Å². The molecule has 1 atom stereocenters. The van der Waals surface area contributed by atoms with Gasteiger partial charge in [-0.05, 0) is 52.0 Å². The van der Waals surface area contributed by atoms with E-state index in [1.54, 1.807) is 6.21 Å². The molecule has 1 aromatic carbocycles. The predicted molar refractivity (Wildman–Crippen MR) is 105 cm³/mol. The van der Waals surface area contributed by atoms with Gasteiger partial charge in [0.05, 0.1) is 11.4 Å². The molecule has 0 saturated carbocycles. The summed E-state index contributed by atoms with van der Waals surface area (Å²) in [6.45, 7) is 6.93. The molecule has 0 amide bonds. The number of carbonyl (C=O) groups excluding carboxylic acids is 1. The third-order valence-corrected chi connectivity index (χ3v) is 4.98. The maximum absolute atomic E-state index is 11.8. The zero-order valence-electron chi connectivity index (χ0n) is 15.7. The van der Waals surface area contributed by atoms with Crippen LogP contribution in [0, 0.1) is 0 Å². The van der Waals surface area contributed by atoms with Crippen molar-refractivity contribution >= 4 is 23.0 Å². The lowest BCUT2D eigenvalue weighted by Gasteiger charge is -2.12. The minimum Gasteiger partial charge on any atom is -0.377 e. The van der Waals surface area contributed by atoms with E-state index >= 15 is 0 Å². The van der Waals surface area contributed by atoms with Crippen LogP contribution in [-0.4, -0.2) is 27.6 Å². The van der Waals surface area contributed by atoms with Gasteiger partial charge in [0.25, 0.3) is 0 Å². The smallest absolute Gasteiger partial charge is 0.144 e. The van der Waals surface area contributed by atoms with Gasteiger partial charge in [0.2, 0.25) is 0 Å². The zero-order chi connectivity index (χ0) is 18.5. The Kier molecular flexibility index (Phi) is 10.5. The van der Waals surface area contributed by atoms with E-state index in [1.807, 2.05) is 51.1 Å². The normalized spacial score (nSPS) is 13.2. The highest BCUT2D eigenvalue weighted by atomic mass is 32.2. The molecule has 1 rings (SSSR count). The molecule has 0 spiro atoms. The Morgan fingerprint density at radius 1 is 1.12 bits per heavy atom. The highest BCUT2D eigenvalue weighted by molar-refractivity contribution is 7.85. The van der Waals surface area contributed by atoms with Gasteiger partial charge in [0, 0.05) is 25.7 Å². The maximum atomic E-state index is 11.8. The number of hydrogen-bond acceptors (Lipinski definition) is 3. The molecule has 5 heteroatoms. The maximum Gasteiger partial charge on any atom is 0.144 e. The Bertz CT molecular complexity index is 550. The van der Waals surface area contributed by atoms with Crippen LogP contribution in [0.15, 0.2) is 34.7 Å². The Morgan fingerprint density at radius 2 is 1.80 bits per heavy atom. The van der Waals surface area contributed by atoms with Crippen molar-refractivity contribution in [2.75, 3.05) is 6.61 Å². The van der Waals surface area contributed by atoms with Gasteiger partial charge in [-0.15, -0.1) is 0 Å². The van der Waals surface area contributed by atoms with Crippen molar-refractivity contribution in [3.63, 3.8) is 0 Å². The van der Waals surface area contributed by atoms with Crippen molar-refractivity contribution in [3.8, 4) is 0 Å². The first-order chi connectivity index (χ1) is 11.9. The van der Waals surface area contributed by atoms with Crippen molar-refractivity contribution in [3.05, 3.63) is 35.9 Å². The molecule has 0 aromatic heterocycles. The molecule has 140 valence electrons. The number of rotatable bonds is 12. The van der Waals surface area contributed by atoms with Crippen LogP contribution in [-0.2, 0) is 27.1 Å². The minimum atomic E-state index is -1.18. The Labute approximate surface area is 154 Å². The van der Waals surface area contributed by atoms with Gasteiger partial charge in [-0.3, -0.25) is 4.79 Å². The number of unbranched alkanes of at least 4 members (excludes halogenated alkanes) is 2. The summed E-state index contributed by atoms with van der Waals surface area (Å²) in [6, 6.07) is 10.0. The number of nitrogens with zero attached hydrogens (tertiary/aromatic N) is 1. The molecule has 0 heterocycles. The molecule has 0 saturated heterocycles.